The molecule has 1 unspecified atom stereocenters. The third-order valence-corrected chi connectivity index (χ3v) is 4.13. The quantitative estimate of drug-likeness (QED) is 0.620. The molecule has 2 rings (SSSR count). The number of likely N-dealkylation sites (N-methyl/N-ethyl adjacent to an activating group) is 1. The highest BCUT2D eigenvalue weighted by Gasteiger charge is 2.53. The van der Waals surface area contributed by atoms with Gasteiger partial charge in [-0.05, 0) is 26.5 Å². The van der Waals surface area contributed by atoms with E-state index in [4.69, 9.17) is 9.47 Å². The second-order valence-corrected chi connectivity index (χ2v) is 5.48. The average Bonchev–Trinajstić information content (AvgIpc) is 2.57. The number of benzene rings is 1. The van der Waals surface area contributed by atoms with Crippen molar-refractivity contribution in [3.05, 3.63) is 30.0 Å². The number of quaternary nitrogens is 1. The Hall–Kier alpha value is -1.81. The molecule has 4 heteroatoms. The zero-order valence-electron chi connectivity index (χ0n) is 12.1. The van der Waals surface area contributed by atoms with E-state index >= 15 is 0 Å². The summed E-state index contributed by atoms with van der Waals surface area (Å²) in [6.45, 7) is 8.23. The third kappa shape index (κ3) is 1.60. The molecule has 1 heterocycles. The van der Waals surface area contributed by atoms with Gasteiger partial charge >= 0.3 is 6.41 Å². The third-order valence-electron chi connectivity index (χ3n) is 4.13. The normalized spacial score (nSPS) is 23.9. The van der Waals surface area contributed by atoms with Gasteiger partial charge in [0.05, 0.1) is 26.7 Å². The number of nitrogens with zero attached hydrogens (tertiary/aromatic N) is 1. The first-order valence-electron chi connectivity index (χ1n) is 6.12. The van der Waals surface area contributed by atoms with Crippen molar-refractivity contribution in [2.75, 3.05) is 21.3 Å². The van der Waals surface area contributed by atoms with Crippen LogP contribution < -0.4 is 14.0 Å². The van der Waals surface area contributed by atoms with Crippen molar-refractivity contribution in [2.24, 2.45) is 0 Å². The second-order valence-electron chi connectivity index (χ2n) is 5.48. The van der Waals surface area contributed by atoms with Crippen LogP contribution in [0.3, 0.4) is 0 Å². The van der Waals surface area contributed by atoms with Gasteiger partial charge in [0.25, 0.3) is 0 Å². The van der Waals surface area contributed by atoms with Crippen molar-refractivity contribution in [1.82, 2.24) is 4.48 Å². The molecule has 0 saturated carbocycles. The van der Waals surface area contributed by atoms with Crippen LogP contribution in [-0.4, -0.2) is 27.7 Å². The number of fused-ring (bicyclic) bond motifs is 1. The van der Waals surface area contributed by atoms with Gasteiger partial charge in [0.15, 0.2) is 11.4 Å². The van der Waals surface area contributed by atoms with E-state index < -0.39 is 0 Å². The van der Waals surface area contributed by atoms with Crippen LogP contribution in [0.15, 0.2) is 24.4 Å². The predicted octanol–water partition coefficient (Wildman–Crippen LogP) is 2.60. The van der Waals surface area contributed by atoms with Gasteiger partial charge in [0, 0.05) is 11.6 Å². The Kier molecular flexibility index (Phi) is 2.94. The van der Waals surface area contributed by atoms with E-state index in [1.165, 1.54) is 0 Å². The van der Waals surface area contributed by atoms with E-state index in [9.17, 15) is 4.79 Å². The van der Waals surface area contributed by atoms with Crippen molar-refractivity contribution >= 4 is 12.1 Å². The predicted molar refractivity (Wildman–Crippen MR) is 75.5 cm³/mol. The molecule has 1 aromatic carbocycles. The Balaban J connectivity index is 2.86. The fraction of sp³-hybridized carbons (Fsp3) is 0.400. The highest BCUT2D eigenvalue weighted by Crippen LogP contribution is 2.55. The van der Waals surface area contributed by atoms with Crippen LogP contribution in [0.5, 0.6) is 11.5 Å². The number of carbonyl (C=O) groups excluding carboxylic acids is 1. The van der Waals surface area contributed by atoms with Crippen molar-refractivity contribution in [1.29, 1.82) is 0 Å². The molecule has 0 saturated heterocycles. The molecule has 4 nitrogen and oxygen atoms in total. The Morgan fingerprint density at radius 1 is 1.26 bits per heavy atom. The highest BCUT2D eigenvalue weighted by atomic mass is 16.5. The summed E-state index contributed by atoms with van der Waals surface area (Å²) in [4.78, 5) is 11.6. The van der Waals surface area contributed by atoms with E-state index in [-0.39, 0.29) is 9.90 Å². The number of hydrogen-bond donors (Lipinski definition) is 0. The number of hydrogen-bond acceptors (Lipinski definition) is 3. The van der Waals surface area contributed by atoms with Crippen molar-refractivity contribution in [3.63, 3.8) is 0 Å². The molecule has 1 amide bonds. The standard InChI is InChI=1S/C15H20NO3/c1-10-15(2,3)12-7-11(18-5)8-13(19-6)14(12)16(10,4)9-17/h7-9H,1H2,2-6H3/q+1. The Labute approximate surface area is 113 Å². The lowest BCUT2D eigenvalue weighted by molar-refractivity contribution is -0.115. The van der Waals surface area contributed by atoms with Crippen molar-refractivity contribution in [2.45, 2.75) is 19.3 Å². The van der Waals surface area contributed by atoms with Crippen LogP contribution in [0.2, 0.25) is 0 Å². The monoisotopic (exact) mass is 262 g/mol. The van der Waals surface area contributed by atoms with Crippen LogP contribution in [0, 0.1) is 0 Å². The van der Waals surface area contributed by atoms with Crippen molar-refractivity contribution < 1.29 is 14.3 Å². The second kappa shape index (κ2) is 4.10. The van der Waals surface area contributed by atoms with Crippen LogP contribution in [0.1, 0.15) is 19.4 Å². The lowest BCUT2D eigenvalue weighted by Crippen LogP contribution is -2.42. The molecule has 1 aromatic rings. The first-order chi connectivity index (χ1) is 8.82. The van der Waals surface area contributed by atoms with Crippen LogP contribution in [0.4, 0.5) is 5.69 Å². The van der Waals surface area contributed by atoms with E-state index in [1.54, 1.807) is 20.3 Å². The van der Waals surface area contributed by atoms with Crippen molar-refractivity contribution in [3.8, 4) is 11.5 Å². The SMILES string of the molecule is C=C1C(C)(C)c2cc(OC)cc(OC)c2[N+]1(C)C=O. The summed E-state index contributed by atoms with van der Waals surface area (Å²) in [7, 11) is 5.04. The van der Waals surface area contributed by atoms with E-state index in [0.29, 0.717) is 5.75 Å². The molecule has 1 aliphatic heterocycles. The van der Waals surface area contributed by atoms with Gasteiger partial charge in [-0.15, -0.1) is 0 Å². The number of carbonyl (C=O) groups is 1. The van der Waals surface area contributed by atoms with Gasteiger partial charge in [0.2, 0.25) is 0 Å². The molecule has 0 fully saturated rings. The zero-order chi connectivity index (χ0) is 14.4. The summed E-state index contributed by atoms with van der Waals surface area (Å²) in [6.07, 6.45) is 0.894. The van der Waals surface area contributed by atoms with Gasteiger partial charge in [-0.2, -0.15) is 0 Å². The molecule has 0 N–H and O–H groups in total. The Morgan fingerprint density at radius 3 is 2.37 bits per heavy atom. The molecule has 0 spiro atoms. The number of amides is 1. The smallest absolute Gasteiger partial charge is 0.311 e. The maximum Gasteiger partial charge on any atom is 0.311 e. The first kappa shape index (κ1) is 13.6. The van der Waals surface area contributed by atoms with Gasteiger partial charge in [-0.25, -0.2) is 9.28 Å². The summed E-state index contributed by atoms with van der Waals surface area (Å²) >= 11 is 0. The van der Waals surface area contributed by atoms with Gasteiger partial charge < -0.3 is 9.47 Å². The molecule has 0 aliphatic carbocycles. The molecule has 0 radical (unpaired) electrons. The molecule has 1 atom stereocenters. The van der Waals surface area contributed by atoms with E-state index in [1.807, 2.05) is 13.1 Å². The summed E-state index contributed by atoms with van der Waals surface area (Å²) in [6, 6.07) is 3.75. The van der Waals surface area contributed by atoms with Gasteiger partial charge in [0.1, 0.15) is 11.4 Å². The number of ether oxygens (including phenoxy) is 2. The topological polar surface area (TPSA) is 35.5 Å². The molecule has 102 valence electrons. The molecule has 0 bridgehead atoms. The molecular weight excluding hydrogens is 242 g/mol. The Morgan fingerprint density at radius 2 is 1.89 bits per heavy atom. The average molecular weight is 262 g/mol. The lowest BCUT2D eigenvalue weighted by atomic mass is 9.84. The summed E-state index contributed by atoms with van der Waals surface area (Å²) < 4.78 is 10.8. The minimum Gasteiger partial charge on any atom is -0.497 e. The van der Waals surface area contributed by atoms with E-state index in [2.05, 4.69) is 20.4 Å². The number of allylic oxidation sites excluding steroid dienone is 1. The highest BCUT2D eigenvalue weighted by molar-refractivity contribution is 5.86. The minimum absolute atomic E-state index is 0.0372. The Bertz CT molecular complexity index is 563. The fourth-order valence-electron chi connectivity index (χ4n) is 2.80. The van der Waals surface area contributed by atoms with Gasteiger partial charge in [-0.3, -0.25) is 0 Å². The molecular formula is C15H20NO3+. The summed E-state index contributed by atoms with van der Waals surface area (Å²) in [5.41, 5.74) is 2.37. The maximum absolute atomic E-state index is 11.6. The van der Waals surface area contributed by atoms with Crippen LogP contribution in [-0.2, 0) is 10.2 Å². The number of methoxy groups -OCH3 is 2. The van der Waals surface area contributed by atoms with Gasteiger partial charge in [-0.1, -0.05) is 0 Å². The minimum atomic E-state index is -0.313. The largest absolute Gasteiger partial charge is 0.497 e. The van der Waals surface area contributed by atoms with Crippen LogP contribution in [0.25, 0.3) is 0 Å². The van der Waals surface area contributed by atoms with E-state index in [0.717, 1.165) is 29.1 Å². The van der Waals surface area contributed by atoms with Crippen LogP contribution >= 0.6 is 0 Å². The summed E-state index contributed by atoms with van der Waals surface area (Å²) in [5, 5.41) is 0. The first-order valence-corrected chi connectivity index (χ1v) is 6.12. The number of rotatable bonds is 3. The fourth-order valence-corrected chi connectivity index (χ4v) is 2.80. The molecule has 1 aliphatic rings. The zero-order valence-corrected chi connectivity index (χ0v) is 12.1. The maximum atomic E-state index is 11.6. The summed E-state index contributed by atoms with van der Waals surface area (Å²) in [5.74, 6) is 1.37. The molecule has 19 heavy (non-hydrogen) atoms. The lowest BCUT2D eigenvalue weighted by Gasteiger charge is -2.26. The molecule has 0 aromatic heterocycles.